The molecule has 0 saturated carbocycles. The van der Waals surface area contributed by atoms with Crippen molar-refractivity contribution in [1.29, 1.82) is 0 Å². The van der Waals surface area contributed by atoms with E-state index in [1.54, 1.807) is 0 Å². The van der Waals surface area contributed by atoms with Crippen molar-refractivity contribution in [3.8, 4) is 0 Å². The van der Waals surface area contributed by atoms with E-state index in [-0.39, 0.29) is 0 Å². The van der Waals surface area contributed by atoms with Crippen LogP contribution in [0.1, 0.15) is 31.5 Å². The van der Waals surface area contributed by atoms with Gasteiger partial charge in [0.25, 0.3) is 0 Å². The topological polar surface area (TPSA) is 29.9 Å². The molecule has 3 nitrogen and oxygen atoms in total. The van der Waals surface area contributed by atoms with Crippen LogP contribution in [0.25, 0.3) is 0 Å². The van der Waals surface area contributed by atoms with E-state index in [0.717, 1.165) is 19.0 Å². The number of hydrogen-bond acceptors (Lipinski definition) is 2. The van der Waals surface area contributed by atoms with Crippen molar-refractivity contribution in [2.45, 2.75) is 40.3 Å². The first-order valence-corrected chi connectivity index (χ1v) is 5.31. The van der Waals surface area contributed by atoms with Crippen LogP contribution >= 0.6 is 0 Å². The fourth-order valence-corrected chi connectivity index (χ4v) is 1.46. The summed E-state index contributed by atoms with van der Waals surface area (Å²) in [6.07, 6.45) is 3.16. The predicted octanol–water partition coefficient (Wildman–Crippen LogP) is 1.96. The Hall–Kier alpha value is -0.830. The monoisotopic (exact) mass is 195 g/mol. The highest BCUT2D eigenvalue weighted by atomic mass is 15.3. The van der Waals surface area contributed by atoms with Crippen LogP contribution in [0.2, 0.25) is 0 Å². The molecule has 0 amide bonds. The quantitative estimate of drug-likeness (QED) is 0.778. The van der Waals surface area contributed by atoms with Gasteiger partial charge in [-0.3, -0.25) is 4.68 Å². The van der Waals surface area contributed by atoms with Gasteiger partial charge >= 0.3 is 0 Å². The summed E-state index contributed by atoms with van der Waals surface area (Å²) in [5, 5.41) is 7.53. The molecule has 0 saturated heterocycles. The van der Waals surface area contributed by atoms with Gasteiger partial charge in [0.05, 0.1) is 6.20 Å². The Morgan fingerprint density at radius 3 is 2.79 bits per heavy atom. The van der Waals surface area contributed by atoms with E-state index in [1.165, 1.54) is 17.7 Å². The van der Waals surface area contributed by atoms with Crippen molar-refractivity contribution in [2.24, 2.45) is 5.92 Å². The molecule has 80 valence electrons. The maximum atomic E-state index is 4.38. The summed E-state index contributed by atoms with van der Waals surface area (Å²) in [7, 11) is 1.96. The van der Waals surface area contributed by atoms with E-state index in [2.05, 4.69) is 35.9 Å². The minimum atomic E-state index is 0.742. The van der Waals surface area contributed by atoms with Crippen molar-refractivity contribution in [2.75, 3.05) is 7.05 Å². The molecule has 1 aromatic heterocycles. The standard InChI is InChI=1S/C11H21N3/c1-9(2)5-6-14-10(3)11(7-12-4)8-13-14/h8-9,12H,5-7H2,1-4H3. The Balaban J connectivity index is 2.60. The van der Waals surface area contributed by atoms with Gasteiger partial charge in [0.15, 0.2) is 0 Å². The summed E-state index contributed by atoms with van der Waals surface area (Å²) in [5.74, 6) is 0.742. The van der Waals surface area contributed by atoms with Crippen LogP contribution in [0.5, 0.6) is 0 Å². The summed E-state index contributed by atoms with van der Waals surface area (Å²) in [4.78, 5) is 0. The molecule has 14 heavy (non-hydrogen) atoms. The zero-order valence-electron chi connectivity index (χ0n) is 9.67. The van der Waals surface area contributed by atoms with Gasteiger partial charge in [-0.2, -0.15) is 5.10 Å². The number of rotatable bonds is 5. The van der Waals surface area contributed by atoms with E-state index in [0.29, 0.717) is 0 Å². The molecule has 0 unspecified atom stereocenters. The first-order chi connectivity index (χ1) is 6.65. The Morgan fingerprint density at radius 1 is 1.50 bits per heavy atom. The Morgan fingerprint density at radius 2 is 2.21 bits per heavy atom. The number of hydrogen-bond donors (Lipinski definition) is 1. The van der Waals surface area contributed by atoms with Crippen LogP contribution in [0.4, 0.5) is 0 Å². The predicted molar refractivity (Wildman–Crippen MR) is 59.2 cm³/mol. The largest absolute Gasteiger partial charge is 0.316 e. The number of aryl methyl sites for hydroxylation is 1. The summed E-state index contributed by atoms with van der Waals surface area (Å²) < 4.78 is 2.10. The maximum absolute atomic E-state index is 4.38. The van der Waals surface area contributed by atoms with Crippen LogP contribution < -0.4 is 5.32 Å². The third kappa shape index (κ3) is 2.84. The molecule has 0 aliphatic rings. The first-order valence-electron chi connectivity index (χ1n) is 5.31. The number of aromatic nitrogens is 2. The van der Waals surface area contributed by atoms with Crippen molar-refractivity contribution in [3.05, 3.63) is 17.5 Å². The molecule has 1 aromatic rings. The van der Waals surface area contributed by atoms with Gasteiger partial charge in [-0.1, -0.05) is 13.8 Å². The highest BCUT2D eigenvalue weighted by Crippen LogP contribution is 2.09. The van der Waals surface area contributed by atoms with Crippen LogP contribution in [0, 0.1) is 12.8 Å². The van der Waals surface area contributed by atoms with Gasteiger partial charge in [0.2, 0.25) is 0 Å². The Bertz CT molecular complexity index is 276. The molecule has 0 aliphatic carbocycles. The van der Waals surface area contributed by atoms with Crippen molar-refractivity contribution < 1.29 is 0 Å². The molecule has 0 aliphatic heterocycles. The van der Waals surface area contributed by atoms with Gasteiger partial charge in [0.1, 0.15) is 0 Å². The van der Waals surface area contributed by atoms with Gasteiger partial charge in [-0.15, -0.1) is 0 Å². The molecule has 0 atom stereocenters. The summed E-state index contributed by atoms with van der Waals surface area (Å²) in [6.45, 7) is 8.57. The molecule has 0 aromatic carbocycles. The lowest BCUT2D eigenvalue weighted by Gasteiger charge is -2.07. The molecule has 1 rings (SSSR count). The lowest BCUT2D eigenvalue weighted by Crippen LogP contribution is -2.08. The molecule has 1 heterocycles. The smallest absolute Gasteiger partial charge is 0.0537 e. The van der Waals surface area contributed by atoms with E-state index < -0.39 is 0 Å². The van der Waals surface area contributed by atoms with E-state index >= 15 is 0 Å². The average Bonchev–Trinajstić information content (AvgIpc) is 2.46. The molecule has 3 heteroatoms. The fraction of sp³-hybridized carbons (Fsp3) is 0.727. The highest BCUT2D eigenvalue weighted by Gasteiger charge is 2.05. The minimum absolute atomic E-state index is 0.742. The van der Waals surface area contributed by atoms with E-state index in [9.17, 15) is 0 Å². The zero-order chi connectivity index (χ0) is 10.6. The molecule has 0 fully saturated rings. The summed E-state index contributed by atoms with van der Waals surface area (Å²) in [6, 6.07) is 0. The van der Waals surface area contributed by atoms with Crippen LogP contribution in [0.15, 0.2) is 6.20 Å². The van der Waals surface area contributed by atoms with Crippen LogP contribution in [-0.2, 0) is 13.1 Å². The van der Waals surface area contributed by atoms with Gasteiger partial charge in [-0.05, 0) is 26.3 Å². The van der Waals surface area contributed by atoms with Gasteiger partial charge < -0.3 is 5.32 Å². The zero-order valence-corrected chi connectivity index (χ0v) is 9.67. The Labute approximate surface area is 86.5 Å². The second-order valence-electron chi connectivity index (χ2n) is 4.19. The lowest BCUT2D eigenvalue weighted by atomic mass is 10.1. The third-order valence-corrected chi connectivity index (χ3v) is 2.49. The average molecular weight is 195 g/mol. The molecular weight excluding hydrogens is 174 g/mol. The minimum Gasteiger partial charge on any atom is -0.316 e. The summed E-state index contributed by atoms with van der Waals surface area (Å²) in [5.41, 5.74) is 2.59. The van der Waals surface area contributed by atoms with Gasteiger partial charge in [-0.25, -0.2) is 0 Å². The highest BCUT2D eigenvalue weighted by molar-refractivity contribution is 5.15. The number of nitrogens with one attached hydrogen (secondary N) is 1. The molecule has 0 bridgehead atoms. The van der Waals surface area contributed by atoms with Crippen LogP contribution in [0.3, 0.4) is 0 Å². The van der Waals surface area contributed by atoms with Gasteiger partial charge in [0, 0.05) is 24.3 Å². The molecule has 0 radical (unpaired) electrons. The van der Waals surface area contributed by atoms with Crippen molar-refractivity contribution in [1.82, 2.24) is 15.1 Å². The summed E-state index contributed by atoms with van der Waals surface area (Å²) >= 11 is 0. The Kier molecular flexibility index (Phi) is 4.14. The third-order valence-electron chi connectivity index (χ3n) is 2.49. The van der Waals surface area contributed by atoms with Crippen molar-refractivity contribution in [3.63, 3.8) is 0 Å². The molecular formula is C11H21N3. The first kappa shape index (κ1) is 11.2. The normalized spacial score (nSPS) is 11.2. The lowest BCUT2D eigenvalue weighted by molar-refractivity contribution is 0.480. The van der Waals surface area contributed by atoms with E-state index in [1.807, 2.05) is 13.2 Å². The van der Waals surface area contributed by atoms with Crippen molar-refractivity contribution >= 4 is 0 Å². The fourth-order valence-electron chi connectivity index (χ4n) is 1.46. The van der Waals surface area contributed by atoms with Crippen LogP contribution in [-0.4, -0.2) is 16.8 Å². The van der Waals surface area contributed by atoms with E-state index in [4.69, 9.17) is 0 Å². The molecule has 1 N–H and O–H groups in total. The number of nitrogens with zero attached hydrogens (tertiary/aromatic N) is 2. The second kappa shape index (κ2) is 5.15. The SMILES string of the molecule is CNCc1cnn(CCC(C)C)c1C. The second-order valence-corrected chi connectivity index (χ2v) is 4.19. The maximum Gasteiger partial charge on any atom is 0.0537 e. The molecule has 0 spiro atoms.